The number of nitro benzene ring substituents is 1. The highest BCUT2D eigenvalue weighted by Crippen LogP contribution is 2.24. The smallest absolute Gasteiger partial charge is 0.258 e. The summed E-state index contributed by atoms with van der Waals surface area (Å²) in [5.41, 5.74) is -0.984. The SMILES string of the molecule is O=c1[nH]nnn1-c1cc(Cl)ccc1[N+](=O)[O-]. The average Bonchev–Trinajstić information content (AvgIpc) is 2.63. The Morgan fingerprint density at radius 3 is 2.81 bits per heavy atom. The van der Waals surface area contributed by atoms with Crippen LogP contribution >= 0.6 is 11.6 Å². The molecule has 16 heavy (non-hydrogen) atoms. The topological polar surface area (TPSA) is 107 Å². The molecule has 1 heterocycles. The Morgan fingerprint density at radius 1 is 1.50 bits per heavy atom. The van der Waals surface area contributed by atoms with Crippen LogP contribution in [0, 0.1) is 10.1 Å². The number of tetrazole rings is 1. The molecule has 2 rings (SSSR count). The van der Waals surface area contributed by atoms with Gasteiger partial charge in [0, 0.05) is 11.1 Å². The van der Waals surface area contributed by atoms with Gasteiger partial charge >= 0.3 is 5.69 Å². The molecule has 0 atom stereocenters. The Kier molecular flexibility index (Phi) is 2.41. The van der Waals surface area contributed by atoms with Crippen LogP contribution in [0.5, 0.6) is 0 Å². The van der Waals surface area contributed by atoms with Crippen LogP contribution in [0.25, 0.3) is 5.69 Å². The van der Waals surface area contributed by atoms with E-state index >= 15 is 0 Å². The van der Waals surface area contributed by atoms with E-state index in [0.717, 1.165) is 4.68 Å². The number of nitro groups is 1. The zero-order valence-electron chi connectivity index (χ0n) is 7.62. The summed E-state index contributed by atoms with van der Waals surface area (Å²) in [6.45, 7) is 0. The highest BCUT2D eigenvalue weighted by atomic mass is 35.5. The van der Waals surface area contributed by atoms with Crippen molar-refractivity contribution in [1.82, 2.24) is 20.2 Å². The van der Waals surface area contributed by atoms with E-state index in [9.17, 15) is 14.9 Å². The second kappa shape index (κ2) is 3.74. The van der Waals surface area contributed by atoms with Crippen LogP contribution < -0.4 is 5.69 Å². The van der Waals surface area contributed by atoms with Crippen LogP contribution in [0.4, 0.5) is 5.69 Å². The van der Waals surface area contributed by atoms with Crippen molar-refractivity contribution in [2.75, 3.05) is 0 Å². The number of aromatic nitrogens is 4. The number of aromatic amines is 1. The molecule has 0 aliphatic rings. The van der Waals surface area contributed by atoms with Crippen LogP contribution in [0.2, 0.25) is 5.02 Å². The third-order valence-corrected chi connectivity index (χ3v) is 2.07. The summed E-state index contributed by atoms with van der Waals surface area (Å²) < 4.78 is 0.768. The van der Waals surface area contributed by atoms with Crippen molar-refractivity contribution in [3.05, 3.63) is 43.8 Å². The molecule has 1 N–H and O–H groups in total. The van der Waals surface area contributed by atoms with Crippen molar-refractivity contribution >= 4 is 17.3 Å². The third-order valence-electron chi connectivity index (χ3n) is 1.83. The summed E-state index contributed by atoms with van der Waals surface area (Å²) in [4.78, 5) is 21.3. The summed E-state index contributed by atoms with van der Waals surface area (Å²) >= 11 is 5.69. The zero-order valence-corrected chi connectivity index (χ0v) is 8.38. The van der Waals surface area contributed by atoms with Crippen molar-refractivity contribution < 1.29 is 4.92 Å². The Morgan fingerprint density at radius 2 is 2.25 bits per heavy atom. The quantitative estimate of drug-likeness (QED) is 0.609. The molecule has 0 aliphatic carbocycles. The van der Waals surface area contributed by atoms with Crippen LogP contribution in [0.3, 0.4) is 0 Å². The Bertz CT molecular complexity index is 604. The van der Waals surface area contributed by atoms with Gasteiger partial charge in [0.1, 0.15) is 0 Å². The first-order valence-corrected chi connectivity index (χ1v) is 4.42. The fourth-order valence-corrected chi connectivity index (χ4v) is 1.34. The lowest BCUT2D eigenvalue weighted by atomic mass is 10.3. The molecule has 0 aliphatic heterocycles. The minimum absolute atomic E-state index is 0.0312. The highest BCUT2D eigenvalue weighted by Gasteiger charge is 2.18. The number of halogens is 1. The largest absolute Gasteiger partial charge is 0.366 e. The van der Waals surface area contributed by atoms with Gasteiger partial charge in [0.05, 0.1) is 4.92 Å². The van der Waals surface area contributed by atoms with Crippen molar-refractivity contribution in [2.45, 2.75) is 0 Å². The molecule has 0 saturated carbocycles. The second-order valence-corrected chi connectivity index (χ2v) is 3.24. The first kappa shape index (κ1) is 10.3. The van der Waals surface area contributed by atoms with Crippen molar-refractivity contribution in [3.8, 4) is 5.69 Å². The van der Waals surface area contributed by atoms with Gasteiger partial charge in [-0.1, -0.05) is 11.6 Å². The van der Waals surface area contributed by atoms with E-state index in [-0.39, 0.29) is 16.4 Å². The van der Waals surface area contributed by atoms with E-state index in [4.69, 9.17) is 11.6 Å². The molecular formula is C7H4ClN5O3. The molecule has 1 aromatic carbocycles. The highest BCUT2D eigenvalue weighted by molar-refractivity contribution is 6.30. The lowest BCUT2D eigenvalue weighted by Gasteiger charge is -2.00. The molecular weight excluding hydrogens is 238 g/mol. The summed E-state index contributed by atoms with van der Waals surface area (Å²) in [5, 5.41) is 19.7. The first-order valence-electron chi connectivity index (χ1n) is 4.04. The third kappa shape index (κ3) is 1.65. The molecule has 1 aromatic heterocycles. The maximum absolute atomic E-state index is 11.2. The molecule has 9 heteroatoms. The van der Waals surface area contributed by atoms with Crippen molar-refractivity contribution in [1.29, 1.82) is 0 Å². The zero-order chi connectivity index (χ0) is 11.7. The van der Waals surface area contributed by atoms with Gasteiger partial charge in [-0.3, -0.25) is 10.1 Å². The number of benzene rings is 1. The number of rotatable bonds is 2. The van der Waals surface area contributed by atoms with Gasteiger partial charge in [0.25, 0.3) is 5.69 Å². The van der Waals surface area contributed by atoms with E-state index in [1.54, 1.807) is 0 Å². The predicted molar refractivity (Wildman–Crippen MR) is 53.6 cm³/mol. The minimum Gasteiger partial charge on any atom is -0.258 e. The lowest BCUT2D eigenvalue weighted by Crippen LogP contribution is -2.17. The first-order chi connectivity index (χ1) is 7.59. The van der Waals surface area contributed by atoms with Gasteiger partial charge in [-0.25, -0.2) is 9.89 Å². The summed E-state index contributed by atoms with van der Waals surface area (Å²) in [5.74, 6) is 0. The molecule has 0 radical (unpaired) electrons. The average molecular weight is 242 g/mol. The van der Waals surface area contributed by atoms with Gasteiger partial charge in [0.15, 0.2) is 5.69 Å². The number of nitrogens with zero attached hydrogens (tertiary/aromatic N) is 4. The normalized spacial score (nSPS) is 10.3. The Balaban J connectivity index is 2.72. The van der Waals surface area contributed by atoms with Crippen LogP contribution in [-0.2, 0) is 0 Å². The van der Waals surface area contributed by atoms with E-state index in [0.29, 0.717) is 0 Å². The monoisotopic (exact) mass is 241 g/mol. The maximum atomic E-state index is 11.2. The van der Waals surface area contributed by atoms with E-state index in [1.807, 2.05) is 5.10 Å². The van der Waals surface area contributed by atoms with Crippen LogP contribution in [-0.4, -0.2) is 25.1 Å². The number of hydrogen-bond donors (Lipinski definition) is 1. The molecule has 0 fully saturated rings. The fraction of sp³-hybridized carbons (Fsp3) is 0. The van der Waals surface area contributed by atoms with Gasteiger partial charge in [0.2, 0.25) is 0 Å². The predicted octanol–water partition coefficient (Wildman–Crippen LogP) is 0.517. The summed E-state index contributed by atoms with van der Waals surface area (Å²) in [6, 6.07) is 3.82. The van der Waals surface area contributed by atoms with Crippen molar-refractivity contribution in [2.24, 2.45) is 0 Å². The molecule has 0 spiro atoms. The molecule has 0 saturated heterocycles. The lowest BCUT2D eigenvalue weighted by molar-refractivity contribution is -0.384. The molecule has 0 amide bonds. The Labute approximate surface area is 92.6 Å². The molecule has 82 valence electrons. The number of hydrogen-bond acceptors (Lipinski definition) is 5. The standard InChI is InChI=1S/C7H4ClN5O3/c8-4-1-2-5(13(15)16)6(3-4)12-7(14)9-10-11-12/h1-3H,(H,9,11,14). The van der Waals surface area contributed by atoms with Gasteiger partial charge < -0.3 is 0 Å². The van der Waals surface area contributed by atoms with Crippen LogP contribution in [0.15, 0.2) is 23.0 Å². The molecule has 2 aromatic rings. The van der Waals surface area contributed by atoms with E-state index in [1.165, 1.54) is 18.2 Å². The number of H-pyrrole nitrogens is 1. The van der Waals surface area contributed by atoms with E-state index < -0.39 is 10.6 Å². The Hall–Kier alpha value is -2.22. The maximum Gasteiger partial charge on any atom is 0.366 e. The van der Waals surface area contributed by atoms with Gasteiger partial charge in [-0.05, 0) is 22.6 Å². The molecule has 0 unspecified atom stereocenters. The molecule has 0 bridgehead atoms. The fourth-order valence-electron chi connectivity index (χ4n) is 1.18. The number of nitrogens with one attached hydrogen (secondary N) is 1. The molecule has 8 nitrogen and oxygen atoms in total. The second-order valence-electron chi connectivity index (χ2n) is 2.81. The van der Waals surface area contributed by atoms with Crippen molar-refractivity contribution in [3.63, 3.8) is 0 Å². The van der Waals surface area contributed by atoms with Gasteiger partial charge in [-0.15, -0.1) is 0 Å². The van der Waals surface area contributed by atoms with E-state index in [2.05, 4.69) is 10.4 Å². The summed E-state index contributed by atoms with van der Waals surface area (Å²) in [6.07, 6.45) is 0. The minimum atomic E-state index is -0.676. The van der Waals surface area contributed by atoms with Gasteiger partial charge in [-0.2, -0.15) is 4.68 Å². The summed E-state index contributed by atoms with van der Waals surface area (Å²) in [7, 11) is 0. The van der Waals surface area contributed by atoms with Crippen LogP contribution in [0.1, 0.15) is 0 Å².